The smallest absolute Gasteiger partial charge is 0.106 e. The van der Waals surface area contributed by atoms with Crippen molar-refractivity contribution in [3.05, 3.63) is 24.3 Å². The third-order valence-corrected chi connectivity index (χ3v) is 3.22. The molecule has 0 unspecified atom stereocenters. The van der Waals surface area contributed by atoms with Gasteiger partial charge in [0.1, 0.15) is 5.84 Å². The van der Waals surface area contributed by atoms with Gasteiger partial charge in [0, 0.05) is 25.6 Å². The number of rotatable bonds is 0. The number of hydrogen-bond acceptors (Lipinski definition) is 2. The van der Waals surface area contributed by atoms with E-state index >= 15 is 0 Å². The minimum absolute atomic E-state index is 0.108. The molecule has 1 heterocycles. The molecule has 2 rings (SSSR count). The van der Waals surface area contributed by atoms with Gasteiger partial charge >= 0.3 is 0 Å². The number of fused-ring (bicyclic) bond motifs is 1. The fourth-order valence-electron chi connectivity index (χ4n) is 2.14. The lowest BCUT2D eigenvalue weighted by molar-refractivity contribution is 0.570. The fourth-order valence-corrected chi connectivity index (χ4v) is 2.14. The Bertz CT molecular complexity index is 431. The number of amidine groups is 1. The number of para-hydroxylation sites is 2. The van der Waals surface area contributed by atoms with Crippen LogP contribution in [-0.4, -0.2) is 26.0 Å². The highest BCUT2D eigenvalue weighted by atomic mass is 15.3. The molecular formula is C14H21N3. The summed E-state index contributed by atoms with van der Waals surface area (Å²) >= 11 is 0. The molecule has 0 bridgehead atoms. The Kier molecular flexibility index (Phi) is 2.86. The van der Waals surface area contributed by atoms with Gasteiger partial charge in [-0.3, -0.25) is 5.41 Å². The zero-order chi connectivity index (χ0) is 12.6. The first kappa shape index (κ1) is 12.0. The minimum atomic E-state index is -0.108. The van der Waals surface area contributed by atoms with Crippen LogP contribution in [0.4, 0.5) is 11.4 Å². The van der Waals surface area contributed by atoms with Crippen molar-refractivity contribution in [3.8, 4) is 0 Å². The minimum Gasteiger partial charge on any atom is -0.371 e. The summed E-state index contributed by atoms with van der Waals surface area (Å²) in [7, 11) is 2.11. The second kappa shape index (κ2) is 4.06. The van der Waals surface area contributed by atoms with Gasteiger partial charge in [-0.05, 0) is 12.1 Å². The Hall–Kier alpha value is -1.51. The van der Waals surface area contributed by atoms with Crippen molar-refractivity contribution in [2.45, 2.75) is 20.8 Å². The monoisotopic (exact) mass is 231 g/mol. The second-order valence-electron chi connectivity index (χ2n) is 5.66. The molecule has 3 heteroatoms. The second-order valence-corrected chi connectivity index (χ2v) is 5.66. The molecule has 1 aliphatic rings. The molecule has 0 saturated carbocycles. The highest BCUT2D eigenvalue weighted by Gasteiger charge is 2.28. The van der Waals surface area contributed by atoms with Crippen molar-refractivity contribution >= 4 is 17.2 Å². The highest BCUT2D eigenvalue weighted by molar-refractivity contribution is 6.02. The van der Waals surface area contributed by atoms with Gasteiger partial charge in [0.15, 0.2) is 0 Å². The van der Waals surface area contributed by atoms with Gasteiger partial charge in [-0.2, -0.15) is 0 Å². The van der Waals surface area contributed by atoms with Crippen LogP contribution in [0.3, 0.4) is 0 Å². The highest BCUT2D eigenvalue weighted by Crippen LogP contribution is 2.34. The van der Waals surface area contributed by atoms with Crippen LogP contribution in [0.25, 0.3) is 0 Å². The summed E-state index contributed by atoms with van der Waals surface area (Å²) in [5.74, 6) is 0.693. The Morgan fingerprint density at radius 2 is 1.71 bits per heavy atom. The molecular weight excluding hydrogens is 210 g/mol. The normalized spacial score (nSPS) is 15.8. The van der Waals surface area contributed by atoms with Crippen LogP contribution >= 0.6 is 0 Å². The lowest BCUT2D eigenvalue weighted by atomic mass is 9.93. The van der Waals surface area contributed by atoms with E-state index in [0.717, 1.165) is 18.8 Å². The van der Waals surface area contributed by atoms with Crippen LogP contribution in [0.1, 0.15) is 20.8 Å². The Labute approximate surface area is 104 Å². The van der Waals surface area contributed by atoms with Crippen molar-refractivity contribution in [2.24, 2.45) is 5.41 Å². The van der Waals surface area contributed by atoms with Crippen LogP contribution in [0.2, 0.25) is 0 Å². The predicted molar refractivity (Wildman–Crippen MR) is 74.2 cm³/mol. The van der Waals surface area contributed by atoms with Gasteiger partial charge in [-0.25, -0.2) is 0 Å². The van der Waals surface area contributed by atoms with Crippen LogP contribution < -0.4 is 9.80 Å². The molecule has 1 N–H and O–H groups in total. The maximum Gasteiger partial charge on any atom is 0.106 e. The summed E-state index contributed by atoms with van der Waals surface area (Å²) in [5, 5.41) is 8.34. The first-order chi connectivity index (χ1) is 7.91. The van der Waals surface area contributed by atoms with Crippen molar-refractivity contribution < 1.29 is 0 Å². The summed E-state index contributed by atoms with van der Waals surface area (Å²) in [6, 6.07) is 8.32. The van der Waals surface area contributed by atoms with E-state index in [1.807, 2.05) is 6.07 Å². The van der Waals surface area contributed by atoms with Crippen LogP contribution in [-0.2, 0) is 0 Å². The van der Waals surface area contributed by atoms with Gasteiger partial charge in [0.2, 0.25) is 0 Å². The van der Waals surface area contributed by atoms with E-state index in [1.54, 1.807) is 0 Å². The lowest BCUT2D eigenvalue weighted by Crippen LogP contribution is -2.46. The Balaban J connectivity index is 2.40. The number of nitrogens with one attached hydrogen (secondary N) is 1. The summed E-state index contributed by atoms with van der Waals surface area (Å²) in [5.41, 5.74) is 2.26. The Morgan fingerprint density at radius 3 is 2.29 bits per heavy atom. The zero-order valence-corrected chi connectivity index (χ0v) is 11.1. The molecule has 3 nitrogen and oxygen atoms in total. The van der Waals surface area contributed by atoms with Crippen LogP contribution in [0.15, 0.2) is 24.3 Å². The summed E-state index contributed by atoms with van der Waals surface area (Å²) in [4.78, 5) is 4.39. The lowest BCUT2D eigenvalue weighted by Gasteiger charge is -2.40. The number of hydrogen-bond donors (Lipinski definition) is 1. The zero-order valence-electron chi connectivity index (χ0n) is 11.1. The molecule has 17 heavy (non-hydrogen) atoms. The van der Waals surface area contributed by atoms with E-state index < -0.39 is 0 Å². The SMILES string of the molecule is CN1CCN(C(=N)C(C)(C)C)c2ccccc21. The summed E-state index contributed by atoms with van der Waals surface area (Å²) in [6.07, 6.45) is 0. The fraction of sp³-hybridized carbons (Fsp3) is 0.500. The van der Waals surface area contributed by atoms with Crippen molar-refractivity contribution in [1.29, 1.82) is 5.41 Å². The molecule has 0 radical (unpaired) electrons. The molecule has 1 aromatic carbocycles. The van der Waals surface area contributed by atoms with E-state index in [9.17, 15) is 0 Å². The van der Waals surface area contributed by atoms with Gasteiger partial charge in [-0.15, -0.1) is 0 Å². The maximum atomic E-state index is 8.34. The first-order valence-electron chi connectivity index (χ1n) is 6.08. The average Bonchev–Trinajstić information content (AvgIpc) is 2.28. The molecule has 0 aromatic heterocycles. The van der Waals surface area contributed by atoms with E-state index in [0.29, 0.717) is 5.84 Å². The molecule has 0 aliphatic carbocycles. The van der Waals surface area contributed by atoms with Crippen molar-refractivity contribution in [2.75, 3.05) is 29.9 Å². The van der Waals surface area contributed by atoms with E-state index in [4.69, 9.17) is 5.41 Å². The maximum absolute atomic E-state index is 8.34. The summed E-state index contributed by atoms with van der Waals surface area (Å²) < 4.78 is 0. The Morgan fingerprint density at radius 1 is 1.12 bits per heavy atom. The third-order valence-electron chi connectivity index (χ3n) is 3.22. The first-order valence-corrected chi connectivity index (χ1v) is 6.08. The van der Waals surface area contributed by atoms with E-state index in [2.05, 4.69) is 55.8 Å². The van der Waals surface area contributed by atoms with Gasteiger partial charge in [0.25, 0.3) is 0 Å². The topological polar surface area (TPSA) is 30.3 Å². The summed E-state index contributed by atoms with van der Waals surface area (Å²) in [6.45, 7) is 8.14. The number of nitrogens with zero attached hydrogens (tertiary/aromatic N) is 2. The largest absolute Gasteiger partial charge is 0.371 e. The molecule has 92 valence electrons. The standard InChI is InChI=1S/C14H21N3/c1-14(2,3)13(15)17-10-9-16(4)11-7-5-6-8-12(11)17/h5-8,15H,9-10H2,1-4H3. The van der Waals surface area contributed by atoms with Crippen molar-refractivity contribution in [3.63, 3.8) is 0 Å². The average molecular weight is 231 g/mol. The van der Waals surface area contributed by atoms with E-state index in [-0.39, 0.29) is 5.41 Å². The number of anilines is 2. The molecule has 0 spiro atoms. The molecule has 0 amide bonds. The molecule has 0 saturated heterocycles. The van der Waals surface area contributed by atoms with Crippen LogP contribution in [0, 0.1) is 10.8 Å². The van der Waals surface area contributed by atoms with Crippen LogP contribution in [0.5, 0.6) is 0 Å². The van der Waals surface area contributed by atoms with Gasteiger partial charge in [0.05, 0.1) is 11.4 Å². The molecule has 1 aromatic rings. The molecule has 1 aliphatic heterocycles. The predicted octanol–water partition coefficient (Wildman–Crippen LogP) is 2.97. The number of benzene rings is 1. The molecule has 0 fully saturated rings. The van der Waals surface area contributed by atoms with Gasteiger partial charge < -0.3 is 9.80 Å². The number of likely N-dealkylation sites (N-methyl/N-ethyl adjacent to an activating group) is 1. The van der Waals surface area contributed by atoms with Gasteiger partial charge in [-0.1, -0.05) is 32.9 Å². The van der Waals surface area contributed by atoms with E-state index in [1.165, 1.54) is 5.69 Å². The third kappa shape index (κ3) is 2.14. The molecule has 0 atom stereocenters. The quantitative estimate of drug-likeness (QED) is 0.549. The van der Waals surface area contributed by atoms with Crippen molar-refractivity contribution in [1.82, 2.24) is 0 Å².